The van der Waals surface area contributed by atoms with Crippen LogP contribution in [-0.4, -0.2) is 14.5 Å². The molecule has 0 aliphatic carbocycles. The van der Waals surface area contributed by atoms with Gasteiger partial charge < -0.3 is 4.98 Å². The third-order valence-corrected chi connectivity index (χ3v) is 3.60. The maximum atomic E-state index is 12.0. The smallest absolute Gasteiger partial charge is 0.304 e. The third kappa shape index (κ3) is 1.67. The Kier molecular flexibility index (Phi) is 2.56. The van der Waals surface area contributed by atoms with Crippen LogP contribution in [0.4, 0.5) is 0 Å². The van der Waals surface area contributed by atoms with Gasteiger partial charge in [-0.1, -0.05) is 18.2 Å². The van der Waals surface area contributed by atoms with E-state index in [1.807, 2.05) is 43.3 Å². The maximum absolute atomic E-state index is 12.0. The minimum atomic E-state index is -0.179. The number of hydrogen-bond donors (Lipinski definition) is 1. The highest BCUT2D eigenvalue weighted by Gasteiger charge is 2.11. The summed E-state index contributed by atoms with van der Waals surface area (Å²) in [6, 6.07) is 11.3. The molecule has 0 radical (unpaired) electrons. The minimum absolute atomic E-state index is 0.179. The van der Waals surface area contributed by atoms with E-state index in [4.69, 9.17) is 0 Å². The van der Waals surface area contributed by atoms with Crippen LogP contribution in [0.1, 0.15) is 5.69 Å². The van der Waals surface area contributed by atoms with E-state index in [0.717, 1.165) is 21.4 Å². The molecule has 18 heavy (non-hydrogen) atoms. The van der Waals surface area contributed by atoms with E-state index in [1.165, 1.54) is 0 Å². The van der Waals surface area contributed by atoms with Crippen molar-refractivity contribution in [2.75, 3.05) is 0 Å². The van der Waals surface area contributed by atoms with Crippen LogP contribution >= 0.6 is 15.9 Å². The highest BCUT2D eigenvalue weighted by Crippen LogP contribution is 2.20. The van der Waals surface area contributed by atoms with Crippen LogP contribution in [-0.2, 0) is 0 Å². The Morgan fingerprint density at radius 3 is 2.72 bits per heavy atom. The fraction of sp³-hybridized carbons (Fsp3) is 0.0769. The number of nitrogens with one attached hydrogen (secondary N) is 1. The number of nitrogens with zero attached hydrogens (tertiary/aromatic N) is 2. The topological polar surface area (TPSA) is 50.7 Å². The van der Waals surface area contributed by atoms with Gasteiger partial charge in [-0.05, 0) is 41.1 Å². The first-order chi connectivity index (χ1) is 8.66. The molecule has 4 nitrogen and oxygen atoms in total. The molecule has 0 aliphatic heterocycles. The molecule has 3 aromatic rings. The summed E-state index contributed by atoms with van der Waals surface area (Å²) in [4.78, 5) is 19.3. The number of halogens is 1. The van der Waals surface area contributed by atoms with Crippen molar-refractivity contribution in [3.05, 3.63) is 57.0 Å². The second-order valence-electron chi connectivity index (χ2n) is 4.03. The summed E-state index contributed by atoms with van der Waals surface area (Å²) in [7, 11) is 0. The fourth-order valence-corrected chi connectivity index (χ4v) is 2.23. The van der Waals surface area contributed by atoms with Crippen LogP contribution in [0, 0.1) is 6.92 Å². The number of aromatic nitrogens is 3. The summed E-state index contributed by atoms with van der Waals surface area (Å²) in [5.74, 6) is 0. The lowest BCUT2D eigenvalue weighted by Crippen LogP contribution is -2.14. The summed E-state index contributed by atoms with van der Waals surface area (Å²) in [5.41, 5.74) is 2.85. The van der Waals surface area contributed by atoms with E-state index in [9.17, 15) is 4.79 Å². The van der Waals surface area contributed by atoms with Gasteiger partial charge in [0.2, 0.25) is 0 Å². The molecule has 0 fully saturated rings. The molecule has 0 saturated heterocycles. The molecule has 2 aromatic heterocycles. The van der Waals surface area contributed by atoms with Crippen molar-refractivity contribution in [2.45, 2.75) is 6.92 Å². The Bertz CT molecular complexity index is 774. The standard InChI is InChI=1S/C13H10BrN3O/c1-8-10(14)7-11-12(15-8)17(13(18)16-11)9-5-3-2-4-6-9/h2-7H,1H3,(H,16,18). The molecule has 0 amide bonds. The average molecular weight is 304 g/mol. The SMILES string of the molecule is Cc1nc2c(cc1Br)[nH]c(=O)n2-c1ccccc1. The van der Waals surface area contributed by atoms with E-state index in [-0.39, 0.29) is 5.69 Å². The van der Waals surface area contributed by atoms with Gasteiger partial charge in [-0.25, -0.2) is 14.3 Å². The van der Waals surface area contributed by atoms with Crippen molar-refractivity contribution in [1.29, 1.82) is 0 Å². The highest BCUT2D eigenvalue weighted by atomic mass is 79.9. The largest absolute Gasteiger partial charge is 0.332 e. The lowest BCUT2D eigenvalue weighted by atomic mass is 10.3. The molecule has 3 rings (SSSR count). The molecule has 1 N–H and O–H groups in total. The van der Waals surface area contributed by atoms with E-state index in [2.05, 4.69) is 25.9 Å². The number of aromatic amines is 1. The Labute approximate surface area is 111 Å². The van der Waals surface area contributed by atoms with Gasteiger partial charge in [-0.3, -0.25) is 0 Å². The predicted molar refractivity (Wildman–Crippen MR) is 74.1 cm³/mol. The number of hydrogen-bond acceptors (Lipinski definition) is 2. The number of aryl methyl sites for hydroxylation is 1. The summed E-state index contributed by atoms with van der Waals surface area (Å²) in [6.45, 7) is 1.90. The second kappa shape index (κ2) is 4.10. The van der Waals surface area contributed by atoms with Crippen molar-refractivity contribution in [2.24, 2.45) is 0 Å². The van der Waals surface area contributed by atoms with Crippen molar-refractivity contribution >= 4 is 27.1 Å². The van der Waals surface area contributed by atoms with Crippen molar-refractivity contribution in [1.82, 2.24) is 14.5 Å². The molecule has 0 aliphatic rings. The van der Waals surface area contributed by atoms with Gasteiger partial charge in [-0.2, -0.15) is 0 Å². The molecular formula is C13H10BrN3O. The fourth-order valence-electron chi connectivity index (χ4n) is 1.91. The number of para-hydroxylation sites is 1. The lowest BCUT2D eigenvalue weighted by Gasteiger charge is -2.03. The number of imidazole rings is 1. The van der Waals surface area contributed by atoms with Crippen LogP contribution in [0.5, 0.6) is 0 Å². The zero-order chi connectivity index (χ0) is 12.7. The summed E-state index contributed by atoms with van der Waals surface area (Å²) in [6.07, 6.45) is 0. The highest BCUT2D eigenvalue weighted by molar-refractivity contribution is 9.10. The van der Waals surface area contributed by atoms with Crippen LogP contribution in [0.25, 0.3) is 16.9 Å². The van der Waals surface area contributed by atoms with Gasteiger partial charge in [-0.15, -0.1) is 0 Å². The molecule has 1 aromatic carbocycles. The van der Waals surface area contributed by atoms with E-state index in [1.54, 1.807) is 4.57 Å². The molecule has 0 atom stereocenters. The molecule has 2 heterocycles. The zero-order valence-electron chi connectivity index (χ0n) is 9.64. The first kappa shape index (κ1) is 11.2. The number of benzene rings is 1. The summed E-state index contributed by atoms with van der Waals surface area (Å²) < 4.78 is 2.46. The van der Waals surface area contributed by atoms with Gasteiger partial charge in [0.1, 0.15) is 0 Å². The predicted octanol–water partition coefficient (Wildman–Crippen LogP) is 2.78. The van der Waals surface area contributed by atoms with Crippen molar-refractivity contribution < 1.29 is 0 Å². The van der Waals surface area contributed by atoms with Gasteiger partial charge in [0, 0.05) is 4.47 Å². The molecule has 0 bridgehead atoms. The Morgan fingerprint density at radius 1 is 1.28 bits per heavy atom. The molecule has 0 saturated carbocycles. The van der Waals surface area contributed by atoms with Crippen LogP contribution in [0.3, 0.4) is 0 Å². The van der Waals surface area contributed by atoms with E-state index < -0.39 is 0 Å². The zero-order valence-corrected chi connectivity index (χ0v) is 11.2. The Morgan fingerprint density at radius 2 is 2.00 bits per heavy atom. The Balaban J connectivity index is 2.40. The quantitative estimate of drug-likeness (QED) is 0.751. The van der Waals surface area contributed by atoms with Crippen molar-refractivity contribution in [3.8, 4) is 5.69 Å². The maximum Gasteiger partial charge on any atom is 0.332 e. The van der Waals surface area contributed by atoms with E-state index in [0.29, 0.717) is 5.65 Å². The lowest BCUT2D eigenvalue weighted by molar-refractivity contribution is 0.994. The number of H-pyrrole nitrogens is 1. The third-order valence-electron chi connectivity index (χ3n) is 2.80. The molecular weight excluding hydrogens is 294 g/mol. The van der Waals surface area contributed by atoms with Crippen LogP contribution in [0.2, 0.25) is 0 Å². The first-order valence-electron chi connectivity index (χ1n) is 5.50. The number of fused-ring (bicyclic) bond motifs is 1. The van der Waals surface area contributed by atoms with Gasteiger partial charge in [0.05, 0.1) is 16.9 Å². The van der Waals surface area contributed by atoms with Gasteiger partial charge in [0.25, 0.3) is 0 Å². The average Bonchev–Trinajstić information content (AvgIpc) is 2.66. The number of rotatable bonds is 1. The second-order valence-corrected chi connectivity index (χ2v) is 4.88. The summed E-state index contributed by atoms with van der Waals surface area (Å²) >= 11 is 3.41. The van der Waals surface area contributed by atoms with Crippen LogP contribution in [0.15, 0.2) is 45.7 Å². The van der Waals surface area contributed by atoms with Crippen molar-refractivity contribution in [3.63, 3.8) is 0 Å². The minimum Gasteiger partial charge on any atom is -0.304 e. The normalized spacial score (nSPS) is 11.0. The molecule has 0 spiro atoms. The number of pyridine rings is 1. The molecule has 0 unspecified atom stereocenters. The monoisotopic (exact) mass is 303 g/mol. The Hall–Kier alpha value is -1.88. The molecule has 90 valence electrons. The van der Waals surface area contributed by atoms with Crippen LogP contribution < -0.4 is 5.69 Å². The van der Waals surface area contributed by atoms with Gasteiger partial charge in [0.15, 0.2) is 5.65 Å². The first-order valence-corrected chi connectivity index (χ1v) is 6.29. The summed E-state index contributed by atoms with van der Waals surface area (Å²) in [5, 5.41) is 0. The molecule has 5 heteroatoms. The van der Waals surface area contributed by atoms with E-state index >= 15 is 0 Å². The van der Waals surface area contributed by atoms with Gasteiger partial charge >= 0.3 is 5.69 Å².